The van der Waals surface area contributed by atoms with Crippen molar-refractivity contribution in [3.8, 4) is 0 Å². The summed E-state index contributed by atoms with van der Waals surface area (Å²) in [5.41, 5.74) is 10.3. The number of benzene rings is 1. The summed E-state index contributed by atoms with van der Waals surface area (Å²) in [6, 6.07) is 9.63. The Kier molecular flexibility index (Phi) is 5.88. The zero-order valence-corrected chi connectivity index (χ0v) is 13.3. The molecule has 0 fully saturated rings. The fourth-order valence-electron chi connectivity index (χ4n) is 1.95. The van der Waals surface area contributed by atoms with Crippen molar-refractivity contribution in [2.24, 2.45) is 10.7 Å². The number of anilines is 1. The molecule has 0 bridgehead atoms. The van der Waals surface area contributed by atoms with E-state index < -0.39 is 17.2 Å². The fourth-order valence-corrected chi connectivity index (χ4v) is 1.95. The summed E-state index contributed by atoms with van der Waals surface area (Å²) in [6.45, 7) is 0.530. The van der Waals surface area contributed by atoms with E-state index in [1.165, 1.54) is 12.4 Å². The molecule has 0 saturated carbocycles. The van der Waals surface area contributed by atoms with Gasteiger partial charge in [-0.15, -0.1) is 0 Å². The summed E-state index contributed by atoms with van der Waals surface area (Å²) in [7, 11) is 0. The van der Waals surface area contributed by atoms with Crippen LogP contribution in [-0.2, 0) is 6.54 Å². The van der Waals surface area contributed by atoms with E-state index in [4.69, 9.17) is 11.5 Å². The first-order chi connectivity index (χ1) is 12.0. The SMILES string of the molecule is NC=C(C=NCc1ccccc1)CNC(=O)c1[nH]c(=O)[nH]c(=O)c1N. The molecule has 0 saturated heterocycles. The lowest BCUT2D eigenvalue weighted by molar-refractivity contribution is 0.0953. The minimum absolute atomic E-state index is 0.0574. The first-order valence-electron chi connectivity index (χ1n) is 7.36. The van der Waals surface area contributed by atoms with Crippen molar-refractivity contribution in [1.82, 2.24) is 15.3 Å². The highest BCUT2D eigenvalue weighted by Gasteiger charge is 2.13. The average molecular weight is 342 g/mol. The number of carbonyl (C=O) groups excluding carboxylic acids is 1. The first kappa shape index (κ1) is 17.7. The van der Waals surface area contributed by atoms with Gasteiger partial charge in [0.1, 0.15) is 11.4 Å². The van der Waals surface area contributed by atoms with Crippen molar-refractivity contribution in [3.63, 3.8) is 0 Å². The van der Waals surface area contributed by atoms with Crippen LogP contribution in [0.1, 0.15) is 16.1 Å². The van der Waals surface area contributed by atoms with E-state index in [0.29, 0.717) is 12.1 Å². The van der Waals surface area contributed by atoms with E-state index in [2.05, 4.69) is 15.3 Å². The van der Waals surface area contributed by atoms with E-state index in [0.717, 1.165) is 5.56 Å². The predicted octanol–water partition coefficient (Wildman–Crippen LogP) is -0.511. The van der Waals surface area contributed by atoms with Gasteiger partial charge in [-0.05, 0) is 5.56 Å². The van der Waals surface area contributed by atoms with Crippen LogP contribution in [0.4, 0.5) is 5.69 Å². The number of nitrogens with one attached hydrogen (secondary N) is 3. The molecule has 1 aromatic heterocycles. The molecule has 0 aliphatic heterocycles. The lowest BCUT2D eigenvalue weighted by Gasteiger charge is -2.06. The molecule has 130 valence electrons. The molecule has 2 rings (SSSR count). The summed E-state index contributed by atoms with van der Waals surface area (Å²) in [4.78, 5) is 43.1. The van der Waals surface area contributed by atoms with Gasteiger partial charge < -0.3 is 21.8 Å². The minimum Gasteiger partial charge on any atom is -0.404 e. The number of hydrogen-bond acceptors (Lipinski definition) is 6. The van der Waals surface area contributed by atoms with Gasteiger partial charge >= 0.3 is 5.69 Å². The number of aliphatic imine (C=N–C) groups is 1. The molecule has 0 atom stereocenters. The topological polar surface area (TPSA) is 159 Å². The number of aromatic amines is 2. The molecule has 7 N–H and O–H groups in total. The van der Waals surface area contributed by atoms with E-state index >= 15 is 0 Å². The van der Waals surface area contributed by atoms with Crippen molar-refractivity contribution in [3.05, 3.63) is 74.2 Å². The van der Waals surface area contributed by atoms with Crippen molar-refractivity contribution >= 4 is 17.8 Å². The van der Waals surface area contributed by atoms with Crippen LogP contribution in [0.2, 0.25) is 0 Å². The standard InChI is InChI=1S/C16H18N6O3/c17-6-11(8-19-7-10-4-2-1-3-5-10)9-20-15(24)13-12(18)14(23)22-16(25)21-13/h1-6,8H,7,9,17-18H2,(H,20,24)(H2,21,22,23,25). The van der Waals surface area contributed by atoms with E-state index in [9.17, 15) is 14.4 Å². The normalized spacial score (nSPS) is 11.6. The molecular weight excluding hydrogens is 324 g/mol. The zero-order chi connectivity index (χ0) is 18.2. The summed E-state index contributed by atoms with van der Waals surface area (Å²) < 4.78 is 0. The molecule has 1 aromatic carbocycles. The number of nitrogen functional groups attached to an aromatic ring is 1. The maximum absolute atomic E-state index is 12.1. The van der Waals surface area contributed by atoms with Gasteiger partial charge in [0.15, 0.2) is 0 Å². The molecule has 0 radical (unpaired) electrons. The molecule has 25 heavy (non-hydrogen) atoms. The van der Waals surface area contributed by atoms with Crippen LogP contribution in [0.3, 0.4) is 0 Å². The van der Waals surface area contributed by atoms with Crippen molar-refractivity contribution in [2.75, 3.05) is 12.3 Å². The van der Waals surface area contributed by atoms with Gasteiger partial charge in [-0.25, -0.2) is 4.79 Å². The highest BCUT2D eigenvalue weighted by Crippen LogP contribution is 2.01. The molecule has 1 heterocycles. The van der Waals surface area contributed by atoms with Gasteiger partial charge in [-0.1, -0.05) is 30.3 Å². The first-order valence-corrected chi connectivity index (χ1v) is 7.36. The number of nitrogens with two attached hydrogens (primary N) is 2. The Bertz CT molecular complexity index is 911. The lowest BCUT2D eigenvalue weighted by atomic mass is 10.2. The second kappa shape index (κ2) is 8.29. The molecule has 9 nitrogen and oxygen atoms in total. The van der Waals surface area contributed by atoms with Gasteiger partial charge in [-0.2, -0.15) is 0 Å². The Labute approximate surface area is 142 Å². The molecular formula is C16H18N6O3. The van der Waals surface area contributed by atoms with Crippen molar-refractivity contribution in [2.45, 2.75) is 6.54 Å². The van der Waals surface area contributed by atoms with Gasteiger partial charge in [-0.3, -0.25) is 19.6 Å². The fraction of sp³-hybridized carbons (Fsp3) is 0.125. The van der Waals surface area contributed by atoms with Gasteiger partial charge in [0.05, 0.1) is 6.54 Å². The van der Waals surface area contributed by atoms with Gasteiger partial charge in [0.25, 0.3) is 11.5 Å². The zero-order valence-electron chi connectivity index (χ0n) is 13.3. The Balaban J connectivity index is 1.98. The summed E-state index contributed by atoms with van der Waals surface area (Å²) in [6.07, 6.45) is 2.84. The number of carbonyl (C=O) groups is 1. The number of H-pyrrole nitrogens is 2. The lowest BCUT2D eigenvalue weighted by Crippen LogP contribution is -2.34. The van der Waals surface area contributed by atoms with E-state index in [1.54, 1.807) is 0 Å². The molecule has 2 aromatic rings. The summed E-state index contributed by atoms with van der Waals surface area (Å²) in [5.74, 6) is -0.698. The van der Waals surface area contributed by atoms with Crippen molar-refractivity contribution in [1.29, 1.82) is 0 Å². The number of nitrogens with zero attached hydrogens (tertiary/aromatic N) is 1. The van der Waals surface area contributed by atoms with Crippen LogP contribution in [-0.4, -0.2) is 28.6 Å². The van der Waals surface area contributed by atoms with Crippen LogP contribution in [0.15, 0.2) is 56.7 Å². The van der Waals surface area contributed by atoms with Crippen LogP contribution < -0.4 is 28.0 Å². The average Bonchev–Trinajstić information content (AvgIpc) is 2.61. The maximum atomic E-state index is 12.1. The van der Waals surface area contributed by atoms with Gasteiger partial charge in [0, 0.05) is 24.5 Å². The third kappa shape index (κ3) is 4.93. The number of aromatic nitrogens is 2. The van der Waals surface area contributed by atoms with Crippen LogP contribution in [0.25, 0.3) is 0 Å². The molecule has 0 aliphatic carbocycles. The maximum Gasteiger partial charge on any atom is 0.326 e. The smallest absolute Gasteiger partial charge is 0.326 e. The predicted molar refractivity (Wildman–Crippen MR) is 95.3 cm³/mol. The summed E-state index contributed by atoms with van der Waals surface area (Å²) in [5, 5.41) is 2.51. The second-order valence-corrected chi connectivity index (χ2v) is 5.08. The third-order valence-electron chi connectivity index (χ3n) is 3.25. The largest absolute Gasteiger partial charge is 0.404 e. The highest BCUT2D eigenvalue weighted by molar-refractivity contribution is 5.97. The Hall–Kier alpha value is -3.62. The monoisotopic (exact) mass is 342 g/mol. The molecule has 0 unspecified atom stereocenters. The van der Waals surface area contributed by atoms with E-state index in [-0.39, 0.29) is 17.9 Å². The second-order valence-electron chi connectivity index (χ2n) is 5.08. The van der Waals surface area contributed by atoms with Crippen molar-refractivity contribution < 1.29 is 4.79 Å². The number of amides is 1. The highest BCUT2D eigenvalue weighted by atomic mass is 16.2. The Morgan fingerprint density at radius 2 is 1.92 bits per heavy atom. The quantitative estimate of drug-likeness (QED) is 0.446. The third-order valence-corrected chi connectivity index (χ3v) is 3.25. The van der Waals surface area contributed by atoms with Crippen LogP contribution in [0, 0.1) is 0 Å². The van der Waals surface area contributed by atoms with Crippen LogP contribution >= 0.6 is 0 Å². The molecule has 9 heteroatoms. The van der Waals surface area contributed by atoms with Crippen LogP contribution in [0.5, 0.6) is 0 Å². The molecule has 0 spiro atoms. The molecule has 1 amide bonds. The van der Waals surface area contributed by atoms with Gasteiger partial charge in [0.2, 0.25) is 0 Å². The van der Waals surface area contributed by atoms with E-state index in [1.807, 2.05) is 35.3 Å². The minimum atomic E-state index is -0.826. The number of hydrogen-bond donors (Lipinski definition) is 5. The Morgan fingerprint density at radius 3 is 2.60 bits per heavy atom. The number of rotatable bonds is 6. The molecule has 0 aliphatic rings. The summed E-state index contributed by atoms with van der Waals surface area (Å²) >= 11 is 0. The Morgan fingerprint density at radius 1 is 1.20 bits per heavy atom.